The first-order valence-electron chi connectivity index (χ1n) is 6.90. The van der Waals surface area contributed by atoms with E-state index in [2.05, 4.69) is 17.4 Å². The van der Waals surface area contributed by atoms with Gasteiger partial charge in [-0.1, -0.05) is 43.3 Å². The molecule has 1 N–H and O–H groups in total. The summed E-state index contributed by atoms with van der Waals surface area (Å²) in [6, 6.07) is 14.0. The summed E-state index contributed by atoms with van der Waals surface area (Å²) in [6.45, 7) is 2.85. The molecule has 2 rings (SSSR count). The Labute approximate surface area is 118 Å². The number of benzene rings is 2. The Balaban J connectivity index is 2.09. The van der Waals surface area contributed by atoms with Crippen molar-refractivity contribution < 1.29 is 8.78 Å². The summed E-state index contributed by atoms with van der Waals surface area (Å²) in [5, 5.41) is 3.36. The molecular formula is C17H19F2N. The smallest absolute Gasteiger partial charge is 0.129 e. The summed E-state index contributed by atoms with van der Waals surface area (Å²) in [7, 11) is 0. The van der Waals surface area contributed by atoms with Crippen molar-refractivity contribution >= 4 is 0 Å². The molecular weight excluding hydrogens is 256 g/mol. The number of hydrogen-bond donors (Lipinski definition) is 1. The number of hydrogen-bond acceptors (Lipinski definition) is 1. The molecule has 1 unspecified atom stereocenters. The Kier molecular flexibility index (Phi) is 5.24. The summed E-state index contributed by atoms with van der Waals surface area (Å²) in [5.41, 5.74) is 1.76. The molecule has 0 amide bonds. The second-order valence-corrected chi connectivity index (χ2v) is 4.88. The normalized spacial score (nSPS) is 12.3. The van der Waals surface area contributed by atoms with E-state index < -0.39 is 11.6 Å². The molecule has 0 radical (unpaired) electrons. The molecule has 0 aliphatic rings. The molecule has 1 atom stereocenters. The highest BCUT2D eigenvalue weighted by Gasteiger charge is 2.12. The molecule has 0 aliphatic carbocycles. The van der Waals surface area contributed by atoms with Crippen LogP contribution in [0.2, 0.25) is 0 Å². The third-order valence-corrected chi connectivity index (χ3v) is 3.30. The van der Waals surface area contributed by atoms with Crippen molar-refractivity contribution in [1.29, 1.82) is 0 Å². The first-order valence-corrected chi connectivity index (χ1v) is 6.90. The average molecular weight is 275 g/mol. The number of rotatable bonds is 6. The van der Waals surface area contributed by atoms with Crippen LogP contribution in [0.1, 0.15) is 18.1 Å². The molecule has 0 saturated carbocycles. The lowest BCUT2D eigenvalue weighted by Crippen LogP contribution is -2.33. The van der Waals surface area contributed by atoms with E-state index in [9.17, 15) is 8.78 Å². The van der Waals surface area contributed by atoms with Crippen LogP contribution in [-0.4, -0.2) is 12.6 Å². The van der Waals surface area contributed by atoms with E-state index in [-0.39, 0.29) is 6.04 Å². The van der Waals surface area contributed by atoms with Crippen molar-refractivity contribution in [3.63, 3.8) is 0 Å². The summed E-state index contributed by atoms with van der Waals surface area (Å²) >= 11 is 0. The monoisotopic (exact) mass is 275 g/mol. The molecule has 0 aliphatic heterocycles. The minimum absolute atomic E-state index is 0.141. The van der Waals surface area contributed by atoms with Gasteiger partial charge < -0.3 is 5.32 Å². The van der Waals surface area contributed by atoms with Gasteiger partial charge in [-0.3, -0.25) is 0 Å². The standard InChI is InChI=1S/C17H19F2N/c1-2-20-16(10-13-6-4-3-5-7-13)11-14-8-9-15(18)12-17(14)19/h3-9,12,16,20H,2,10-11H2,1H3. The molecule has 3 heteroatoms. The minimum Gasteiger partial charge on any atom is -0.314 e. The van der Waals surface area contributed by atoms with Crippen LogP contribution in [-0.2, 0) is 12.8 Å². The van der Waals surface area contributed by atoms with E-state index in [0.29, 0.717) is 12.0 Å². The summed E-state index contributed by atoms with van der Waals surface area (Å²) < 4.78 is 26.6. The van der Waals surface area contributed by atoms with Gasteiger partial charge in [0.25, 0.3) is 0 Å². The zero-order chi connectivity index (χ0) is 14.4. The van der Waals surface area contributed by atoms with Crippen molar-refractivity contribution in [3.05, 3.63) is 71.3 Å². The van der Waals surface area contributed by atoms with Gasteiger partial charge in [-0.15, -0.1) is 0 Å². The largest absolute Gasteiger partial charge is 0.314 e. The fourth-order valence-corrected chi connectivity index (χ4v) is 2.36. The van der Waals surface area contributed by atoms with E-state index in [1.54, 1.807) is 0 Å². The lowest BCUT2D eigenvalue weighted by molar-refractivity contribution is 0.502. The highest BCUT2D eigenvalue weighted by Crippen LogP contribution is 2.14. The fraction of sp³-hybridized carbons (Fsp3) is 0.294. The van der Waals surface area contributed by atoms with Crippen molar-refractivity contribution in [1.82, 2.24) is 5.32 Å². The molecule has 0 heterocycles. The molecule has 0 aromatic heterocycles. The Morgan fingerprint density at radius 3 is 2.40 bits per heavy atom. The summed E-state index contributed by atoms with van der Waals surface area (Å²) in [4.78, 5) is 0. The minimum atomic E-state index is -0.533. The van der Waals surface area contributed by atoms with Crippen LogP contribution in [0.15, 0.2) is 48.5 Å². The van der Waals surface area contributed by atoms with Gasteiger partial charge in [0.1, 0.15) is 11.6 Å². The number of halogens is 2. The van der Waals surface area contributed by atoms with Gasteiger partial charge in [0.15, 0.2) is 0 Å². The lowest BCUT2D eigenvalue weighted by atomic mass is 9.98. The molecule has 0 saturated heterocycles. The van der Waals surface area contributed by atoms with Crippen LogP contribution in [0.5, 0.6) is 0 Å². The van der Waals surface area contributed by atoms with Crippen molar-refractivity contribution in [3.8, 4) is 0 Å². The average Bonchev–Trinajstić information content (AvgIpc) is 2.43. The highest BCUT2D eigenvalue weighted by atomic mass is 19.1. The third kappa shape index (κ3) is 4.14. The maximum Gasteiger partial charge on any atom is 0.129 e. The topological polar surface area (TPSA) is 12.0 Å². The first kappa shape index (κ1) is 14.7. The molecule has 20 heavy (non-hydrogen) atoms. The predicted molar refractivity (Wildman–Crippen MR) is 77.7 cm³/mol. The zero-order valence-electron chi connectivity index (χ0n) is 11.6. The van der Waals surface area contributed by atoms with Gasteiger partial charge in [-0.25, -0.2) is 8.78 Å². The highest BCUT2D eigenvalue weighted by molar-refractivity contribution is 5.21. The van der Waals surface area contributed by atoms with Crippen molar-refractivity contribution in [2.75, 3.05) is 6.54 Å². The van der Waals surface area contributed by atoms with E-state index in [1.807, 2.05) is 25.1 Å². The fourth-order valence-electron chi connectivity index (χ4n) is 2.36. The van der Waals surface area contributed by atoms with Crippen LogP contribution in [0, 0.1) is 11.6 Å². The van der Waals surface area contributed by atoms with Gasteiger partial charge in [0.2, 0.25) is 0 Å². The third-order valence-electron chi connectivity index (χ3n) is 3.30. The molecule has 0 fully saturated rings. The van der Waals surface area contributed by atoms with Crippen LogP contribution in [0.25, 0.3) is 0 Å². The Bertz CT molecular complexity index is 540. The second-order valence-electron chi connectivity index (χ2n) is 4.88. The van der Waals surface area contributed by atoms with Crippen molar-refractivity contribution in [2.24, 2.45) is 0 Å². The van der Waals surface area contributed by atoms with Gasteiger partial charge in [0.05, 0.1) is 0 Å². The Morgan fingerprint density at radius 1 is 1.00 bits per heavy atom. The maximum absolute atomic E-state index is 13.7. The number of likely N-dealkylation sites (N-methyl/N-ethyl adjacent to an activating group) is 1. The predicted octanol–water partition coefficient (Wildman–Crippen LogP) is 3.73. The Hall–Kier alpha value is -1.74. The van der Waals surface area contributed by atoms with E-state index >= 15 is 0 Å². The van der Waals surface area contributed by atoms with Gasteiger partial charge in [0, 0.05) is 12.1 Å². The summed E-state index contributed by atoms with van der Waals surface area (Å²) in [6.07, 6.45) is 1.38. The lowest BCUT2D eigenvalue weighted by Gasteiger charge is -2.18. The second kappa shape index (κ2) is 7.15. The van der Waals surface area contributed by atoms with Crippen LogP contribution < -0.4 is 5.32 Å². The van der Waals surface area contributed by atoms with Gasteiger partial charge in [-0.2, -0.15) is 0 Å². The molecule has 2 aromatic rings. The molecule has 2 aromatic carbocycles. The van der Waals surface area contributed by atoms with Gasteiger partial charge >= 0.3 is 0 Å². The SMILES string of the molecule is CCNC(Cc1ccccc1)Cc1ccc(F)cc1F. The van der Waals surface area contributed by atoms with Gasteiger partial charge in [-0.05, 0) is 36.6 Å². The van der Waals surface area contributed by atoms with E-state index in [4.69, 9.17) is 0 Å². The summed E-state index contributed by atoms with van der Waals surface area (Å²) in [5.74, 6) is -1.00. The zero-order valence-corrected chi connectivity index (χ0v) is 11.6. The number of nitrogens with one attached hydrogen (secondary N) is 1. The van der Waals surface area contributed by atoms with Crippen molar-refractivity contribution in [2.45, 2.75) is 25.8 Å². The van der Waals surface area contributed by atoms with Crippen LogP contribution in [0.4, 0.5) is 8.78 Å². The van der Waals surface area contributed by atoms with E-state index in [1.165, 1.54) is 17.7 Å². The van der Waals surface area contributed by atoms with Crippen LogP contribution >= 0.6 is 0 Å². The molecule has 0 spiro atoms. The first-order chi connectivity index (χ1) is 9.69. The molecule has 106 valence electrons. The molecule has 1 nitrogen and oxygen atoms in total. The van der Waals surface area contributed by atoms with Crippen LogP contribution in [0.3, 0.4) is 0 Å². The Morgan fingerprint density at radius 2 is 1.75 bits per heavy atom. The maximum atomic E-state index is 13.7. The van der Waals surface area contributed by atoms with E-state index in [0.717, 1.165) is 19.0 Å². The molecule has 0 bridgehead atoms. The quantitative estimate of drug-likeness (QED) is 0.847.